The summed E-state index contributed by atoms with van der Waals surface area (Å²) in [5.41, 5.74) is 0.743. The second-order valence-corrected chi connectivity index (χ2v) is 2.78. The van der Waals surface area contributed by atoms with Gasteiger partial charge in [-0.25, -0.2) is 0 Å². The zero-order valence-electron chi connectivity index (χ0n) is 7.55. The Morgan fingerprint density at radius 1 is 1.57 bits per heavy atom. The van der Waals surface area contributed by atoms with E-state index in [4.69, 9.17) is 10.2 Å². The Bertz CT molecular complexity index is 289. The summed E-state index contributed by atoms with van der Waals surface area (Å²) in [4.78, 5) is 14.5. The monoisotopic (exact) mass is 196 g/mol. The van der Waals surface area contributed by atoms with Crippen LogP contribution in [-0.4, -0.2) is 33.8 Å². The first-order valence-electron chi connectivity index (χ1n) is 4.21. The molecule has 1 heterocycles. The van der Waals surface area contributed by atoms with Crippen molar-refractivity contribution in [3.05, 3.63) is 30.1 Å². The van der Waals surface area contributed by atoms with Crippen molar-refractivity contribution in [3.8, 4) is 0 Å². The van der Waals surface area contributed by atoms with Crippen molar-refractivity contribution < 1.29 is 15.0 Å². The summed E-state index contributed by atoms with van der Waals surface area (Å²) >= 11 is 0. The summed E-state index contributed by atoms with van der Waals surface area (Å²) in [7, 11) is 0. The Morgan fingerprint density at radius 3 is 2.86 bits per heavy atom. The fourth-order valence-corrected chi connectivity index (χ4v) is 0.960. The van der Waals surface area contributed by atoms with Gasteiger partial charge in [-0.1, -0.05) is 6.07 Å². The van der Waals surface area contributed by atoms with Crippen molar-refractivity contribution >= 4 is 5.97 Å². The maximum atomic E-state index is 10.5. The molecule has 0 aromatic carbocycles. The summed E-state index contributed by atoms with van der Waals surface area (Å²) in [6, 6.07) is 4.45. The van der Waals surface area contributed by atoms with Gasteiger partial charge < -0.3 is 10.2 Å². The average Bonchev–Trinajstić information content (AvgIpc) is 2.20. The number of nitrogens with one attached hydrogen (secondary N) is 1. The number of aliphatic hydroxyl groups is 1. The molecular formula is C9H12N2O3. The molecule has 0 unspecified atom stereocenters. The molecule has 0 aliphatic rings. The second-order valence-electron chi connectivity index (χ2n) is 2.78. The van der Waals surface area contributed by atoms with E-state index in [1.807, 2.05) is 6.07 Å². The second kappa shape index (κ2) is 5.31. The third-order valence-corrected chi connectivity index (χ3v) is 1.74. The predicted octanol–water partition coefficient (Wildman–Crippen LogP) is -0.383. The zero-order valence-corrected chi connectivity index (χ0v) is 7.55. The molecule has 0 saturated carbocycles. The minimum absolute atomic E-state index is 0.332. The predicted molar refractivity (Wildman–Crippen MR) is 49.6 cm³/mol. The maximum absolute atomic E-state index is 10.5. The highest BCUT2D eigenvalue weighted by Crippen LogP contribution is 1.93. The smallest absolute Gasteiger partial charge is 0.323 e. The number of hydrogen-bond acceptors (Lipinski definition) is 4. The summed E-state index contributed by atoms with van der Waals surface area (Å²) < 4.78 is 0. The molecule has 5 nitrogen and oxygen atoms in total. The number of aromatic nitrogens is 1. The van der Waals surface area contributed by atoms with E-state index in [1.165, 1.54) is 0 Å². The van der Waals surface area contributed by atoms with Crippen LogP contribution < -0.4 is 5.32 Å². The highest BCUT2D eigenvalue weighted by atomic mass is 16.4. The molecule has 3 N–H and O–H groups in total. The first-order chi connectivity index (χ1) is 6.74. The molecule has 14 heavy (non-hydrogen) atoms. The lowest BCUT2D eigenvalue weighted by molar-refractivity contribution is -0.140. The number of carbonyl (C=O) groups is 1. The Balaban J connectivity index is 2.44. The average molecular weight is 196 g/mol. The van der Waals surface area contributed by atoms with Crippen molar-refractivity contribution in [1.82, 2.24) is 10.3 Å². The quantitative estimate of drug-likeness (QED) is 0.597. The van der Waals surface area contributed by atoms with Crippen LogP contribution in [0.3, 0.4) is 0 Å². The van der Waals surface area contributed by atoms with Crippen molar-refractivity contribution in [1.29, 1.82) is 0 Å². The van der Waals surface area contributed by atoms with Crippen molar-refractivity contribution in [2.24, 2.45) is 0 Å². The molecule has 1 aromatic rings. The van der Waals surface area contributed by atoms with E-state index in [0.29, 0.717) is 6.54 Å². The molecule has 5 heteroatoms. The summed E-state index contributed by atoms with van der Waals surface area (Å²) in [5.74, 6) is -1.07. The van der Waals surface area contributed by atoms with E-state index in [9.17, 15) is 4.79 Å². The van der Waals surface area contributed by atoms with Crippen LogP contribution in [0.2, 0.25) is 0 Å². The van der Waals surface area contributed by atoms with Gasteiger partial charge in [-0.15, -0.1) is 0 Å². The van der Waals surface area contributed by atoms with Crippen LogP contribution in [0.15, 0.2) is 24.4 Å². The van der Waals surface area contributed by atoms with Gasteiger partial charge in [0, 0.05) is 12.7 Å². The number of carboxylic acids is 1. The van der Waals surface area contributed by atoms with E-state index in [-0.39, 0.29) is 0 Å². The molecule has 0 aliphatic carbocycles. The summed E-state index contributed by atoms with van der Waals surface area (Å²) in [6.07, 6.45) is 1.63. The molecule has 1 aromatic heterocycles. The van der Waals surface area contributed by atoms with E-state index in [0.717, 1.165) is 5.69 Å². The molecule has 0 amide bonds. The Morgan fingerprint density at radius 2 is 2.36 bits per heavy atom. The minimum Gasteiger partial charge on any atom is -0.480 e. The number of rotatable bonds is 5. The van der Waals surface area contributed by atoms with Gasteiger partial charge in [-0.2, -0.15) is 0 Å². The molecule has 0 spiro atoms. The lowest BCUT2D eigenvalue weighted by atomic mass is 10.3. The van der Waals surface area contributed by atoms with Crippen LogP contribution in [-0.2, 0) is 11.3 Å². The maximum Gasteiger partial charge on any atom is 0.323 e. The molecule has 0 aliphatic heterocycles. The molecule has 0 radical (unpaired) electrons. The molecule has 1 rings (SSSR count). The summed E-state index contributed by atoms with van der Waals surface area (Å²) in [6.45, 7) is -0.0967. The molecule has 0 fully saturated rings. The Hall–Kier alpha value is -1.46. The zero-order chi connectivity index (χ0) is 10.4. The molecular weight excluding hydrogens is 184 g/mol. The fourth-order valence-electron chi connectivity index (χ4n) is 0.960. The van der Waals surface area contributed by atoms with Gasteiger partial charge in [0.2, 0.25) is 0 Å². The van der Waals surface area contributed by atoms with E-state index >= 15 is 0 Å². The third kappa shape index (κ3) is 3.12. The normalized spacial score (nSPS) is 12.4. The number of aliphatic carboxylic acids is 1. The van der Waals surface area contributed by atoms with Gasteiger partial charge in [0.15, 0.2) is 0 Å². The highest BCUT2D eigenvalue weighted by molar-refractivity contribution is 5.73. The van der Waals surface area contributed by atoms with Crippen LogP contribution >= 0.6 is 0 Å². The Labute approximate surface area is 81.4 Å². The lowest BCUT2D eigenvalue weighted by Gasteiger charge is -2.10. The number of carboxylic acid groups (broad SMARTS) is 1. The van der Waals surface area contributed by atoms with E-state index in [2.05, 4.69) is 10.3 Å². The van der Waals surface area contributed by atoms with Crippen LogP contribution in [0.4, 0.5) is 0 Å². The van der Waals surface area contributed by atoms with Gasteiger partial charge in [0.25, 0.3) is 0 Å². The number of pyridine rings is 1. The molecule has 1 atom stereocenters. The van der Waals surface area contributed by atoms with Crippen molar-refractivity contribution in [2.45, 2.75) is 12.6 Å². The van der Waals surface area contributed by atoms with Crippen molar-refractivity contribution in [2.75, 3.05) is 6.61 Å². The Kier molecular flexibility index (Phi) is 4.03. The number of aliphatic hydroxyl groups excluding tert-OH is 1. The lowest BCUT2D eigenvalue weighted by Crippen LogP contribution is -2.39. The largest absolute Gasteiger partial charge is 0.480 e. The molecule has 0 bridgehead atoms. The first-order valence-corrected chi connectivity index (χ1v) is 4.21. The topological polar surface area (TPSA) is 82.5 Å². The number of nitrogens with zero attached hydrogens (tertiary/aromatic N) is 1. The number of hydrogen-bond donors (Lipinski definition) is 3. The van der Waals surface area contributed by atoms with Gasteiger partial charge in [-0.3, -0.25) is 15.1 Å². The van der Waals surface area contributed by atoms with Crippen LogP contribution in [0.5, 0.6) is 0 Å². The SMILES string of the molecule is O=C(O)[C@H](CO)NCc1ccccn1. The highest BCUT2D eigenvalue weighted by Gasteiger charge is 2.14. The minimum atomic E-state index is -1.07. The van der Waals surface area contributed by atoms with Gasteiger partial charge in [-0.05, 0) is 12.1 Å². The van der Waals surface area contributed by atoms with Gasteiger partial charge in [0.05, 0.1) is 12.3 Å². The van der Waals surface area contributed by atoms with E-state index < -0.39 is 18.6 Å². The molecule has 76 valence electrons. The molecule has 0 saturated heterocycles. The van der Waals surface area contributed by atoms with Gasteiger partial charge in [0.1, 0.15) is 6.04 Å². The summed E-state index contributed by atoms with van der Waals surface area (Å²) in [5, 5.41) is 20.0. The van der Waals surface area contributed by atoms with Crippen molar-refractivity contribution in [3.63, 3.8) is 0 Å². The fraction of sp³-hybridized carbons (Fsp3) is 0.333. The third-order valence-electron chi connectivity index (χ3n) is 1.74. The van der Waals surface area contributed by atoms with Crippen LogP contribution in [0.25, 0.3) is 0 Å². The van der Waals surface area contributed by atoms with Gasteiger partial charge >= 0.3 is 5.97 Å². The van der Waals surface area contributed by atoms with E-state index in [1.54, 1.807) is 18.3 Å². The standard InChI is InChI=1S/C9H12N2O3/c12-6-8(9(13)14)11-5-7-3-1-2-4-10-7/h1-4,8,11-12H,5-6H2,(H,13,14)/t8-/m0/s1. The first kappa shape index (κ1) is 10.6. The van der Waals surface area contributed by atoms with Crippen LogP contribution in [0.1, 0.15) is 5.69 Å². The van der Waals surface area contributed by atoms with Crippen LogP contribution in [0, 0.1) is 0 Å².